The first kappa shape index (κ1) is 27.5. The van der Waals surface area contributed by atoms with E-state index in [0.717, 1.165) is 72.4 Å². The topological polar surface area (TPSA) is 43.1 Å². The molecule has 0 spiro atoms. The van der Waals surface area contributed by atoms with Gasteiger partial charge in [0.1, 0.15) is 0 Å². The smallest absolute Gasteiger partial charge is 0.161 e. The Hall–Kier alpha value is -6.65. The first-order valence-corrected chi connectivity index (χ1v) is 16.5. The lowest BCUT2D eigenvalue weighted by Crippen LogP contribution is -1.99. The van der Waals surface area contributed by atoms with E-state index in [1.54, 1.807) is 0 Å². The Balaban J connectivity index is 1.07. The molecule has 0 radical (unpaired) electrons. The third-order valence-electron chi connectivity index (χ3n) is 9.59. The van der Waals surface area contributed by atoms with Crippen LogP contribution in [0.25, 0.3) is 93.9 Å². The van der Waals surface area contributed by atoms with Gasteiger partial charge in [0.05, 0.1) is 27.9 Å². The maximum Gasteiger partial charge on any atom is 0.161 e. The average Bonchev–Trinajstić information content (AvgIpc) is 3.64. The molecule has 0 atom stereocenters. The van der Waals surface area contributed by atoms with E-state index in [4.69, 9.17) is 15.1 Å². The highest BCUT2D eigenvalue weighted by atomic mass is 15.3. The average molecular weight is 625 g/mol. The molecule has 0 saturated heterocycles. The molecule has 0 amide bonds. The molecule has 7 aromatic carbocycles. The number of rotatable bonds is 4. The summed E-state index contributed by atoms with van der Waals surface area (Å²) in [5, 5.41) is 12.2. The van der Waals surface area contributed by atoms with Crippen LogP contribution in [0.2, 0.25) is 0 Å². The van der Waals surface area contributed by atoms with E-state index in [2.05, 4.69) is 146 Å². The number of hydrogen-bond acceptors (Lipinski definition) is 3. The summed E-state index contributed by atoms with van der Waals surface area (Å²) in [6, 6.07) is 59.7. The molecule has 228 valence electrons. The van der Waals surface area contributed by atoms with Crippen molar-refractivity contribution in [1.29, 1.82) is 0 Å². The van der Waals surface area contributed by atoms with Gasteiger partial charge in [-0.15, -0.1) is 0 Å². The summed E-state index contributed by atoms with van der Waals surface area (Å²) < 4.78 is 1.98. The number of fused-ring (bicyclic) bond motifs is 8. The van der Waals surface area contributed by atoms with Gasteiger partial charge in [-0.3, -0.25) is 0 Å². The number of hydrogen-bond donors (Lipinski definition) is 0. The molecule has 0 aliphatic rings. The Morgan fingerprint density at radius 3 is 1.88 bits per heavy atom. The molecule has 0 unspecified atom stereocenters. The van der Waals surface area contributed by atoms with Crippen LogP contribution in [-0.2, 0) is 0 Å². The Bertz CT molecular complexity index is 2850. The number of aromatic nitrogens is 4. The van der Waals surface area contributed by atoms with Gasteiger partial charge in [-0.05, 0) is 46.2 Å². The van der Waals surface area contributed by atoms with E-state index < -0.39 is 0 Å². The van der Waals surface area contributed by atoms with Gasteiger partial charge in [-0.25, -0.2) is 14.5 Å². The van der Waals surface area contributed by atoms with Gasteiger partial charge < -0.3 is 0 Å². The first-order valence-electron chi connectivity index (χ1n) is 16.5. The lowest BCUT2D eigenvalue weighted by atomic mass is 9.94. The SMILES string of the molecule is c1ccc(-c2nc3ccccc3c3cc(-c4ccc(-c5cccc(-c6nc7ccccc7c7c6ccc6ccccc67)c5)cc4)nn23)cc1. The minimum Gasteiger partial charge on any atom is -0.247 e. The molecule has 4 nitrogen and oxygen atoms in total. The Labute approximate surface area is 282 Å². The molecule has 0 fully saturated rings. The monoisotopic (exact) mass is 624 g/mol. The molecule has 0 bridgehead atoms. The molecular weight excluding hydrogens is 597 g/mol. The molecule has 10 aromatic rings. The third kappa shape index (κ3) is 4.49. The van der Waals surface area contributed by atoms with Crippen LogP contribution in [0.15, 0.2) is 170 Å². The lowest BCUT2D eigenvalue weighted by molar-refractivity contribution is 0.949. The summed E-state index contributed by atoms with van der Waals surface area (Å²) in [5.41, 5.74) is 10.4. The molecule has 49 heavy (non-hydrogen) atoms. The maximum atomic E-state index is 5.22. The second kappa shape index (κ2) is 11.0. The summed E-state index contributed by atoms with van der Waals surface area (Å²) >= 11 is 0. The molecule has 4 heteroatoms. The van der Waals surface area contributed by atoms with E-state index >= 15 is 0 Å². The van der Waals surface area contributed by atoms with Crippen LogP contribution < -0.4 is 0 Å². The van der Waals surface area contributed by atoms with Crippen LogP contribution in [-0.4, -0.2) is 19.6 Å². The number of nitrogens with zero attached hydrogens (tertiary/aromatic N) is 4. The molecule has 3 aromatic heterocycles. The Morgan fingerprint density at radius 1 is 0.388 bits per heavy atom. The van der Waals surface area contributed by atoms with Crippen molar-refractivity contribution < 1.29 is 0 Å². The van der Waals surface area contributed by atoms with Crippen molar-refractivity contribution in [3.8, 4) is 45.0 Å². The fourth-order valence-corrected chi connectivity index (χ4v) is 7.22. The zero-order valence-corrected chi connectivity index (χ0v) is 26.5. The molecule has 10 rings (SSSR count). The van der Waals surface area contributed by atoms with Gasteiger partial charge in [-0.2, -0.15) is 5.10 Å². The highest BCUT2D eigenvalue weighted by Gasteiger charge is 2.16. The van der Waals surface area contributed by atoms with Gasteiger partial charge in [0, 0.05) is 38.2 Å². The predicted molar refractivity (Wildman–Crippen MR) is 203 cm³/mol. The van der Waals surface area contributed by atoms with Gasteiger partial charge in [0.25, 0.3) is 0 Å². The first-order chi connectivity index (χ1) is 24.3. The van der Waals surface area contributed by atoms with Gasteiger partial charge in [-0.1, -0.05) is 146 Å². The highest BCUT2D eigenvalue weighted by Crippen LogP contribution is 2.38. The van der Waals surface area contributed by atoms with Gasteiger partial charge in [0.2, 0.25) is 0 Å². The van der Waals surface area contributed by atoms with E-state index in [0.29, 0.717) is 0 Å². The summed E-state index contributed by atoms with van der Waals surface area (Å²) in [5.74, 6) is 0.830. The van der Waals surface area contributed by atoms with Crippen molar-refractivity contribution in [1.82, 2.24) is 19.6 Å². The van der Waals surface area contributed by atoms with Crippen LogP contribution in [0.5, 0.6) is 0 Å². The quantitative estimate of drug-likeness (QED) is 0.183. The van der Waals surface area contributed by atoms with E-state index in [-0.39, 0.29) is 0 Å². The minimum absolute atomic E-state index is 0.830. The summed E-state index contributed by atoms with van der Waals surface area (Å²) in [6.07, 6.45) is 0. The number of pyridine rings is 1. The minimum atomic E-state index is 0.830. The fourth-order valence-electron chi connectivity index (χ4n) is 7.22. The second-order valence-corrected chi connectivity index (χ2v) is 12.5. The maximum absolute atomic E-state index is 5.22. The van der Waals surface area contributed by atoms with Crippen molar-refractivity contribution in [2.45, 2.75) is 0 Å². The number of benzene rings is 7. The van der Waals surface area contributed by atoms with Crippen molar-refractivity contribution in [3.63, 3.8) is 0 Å². The zero-order valence-electron chi connectivity index (χ0n) is 26.5. The van der Waals surface area contributed by atoms with Crippen LogP contribution >= 0.6 is 0 Å². The molecular formula is C45H28N4. The third-order valence-corrected chi connectivity index (χ3v) is 9.59. The van der Waals surface area contributed by atoms with Crippen molar-refractivity contribution in [2.75, 3.05) is 0 Å². The molecule has 3 heterocycles. The zero-order chi connectivity index (χ0) is 32.3. The fraction of sp³-hybridized carbons (Fsp3) is 0. The second-order valence-electron chi connectivity index (χ2n) is 12.5. The standard InChI is InChI=1S/C45H28N4/c1-2-12-32(13-3-1)45-47-39-19-8-6-17-36(39)42-28-41(48-49(42)45)31-23-21-29(22-24-31)33-14-10-15-34(27-33)44-38-26-25-30-11-4-5-16-35(30)43(38)37-18-7-9-20-40(37)46-44/h1-28H. The molecule has 0 N–H and O–H groups in total. The summed E-state index contributed by atoms with van der Waals surface area (Å²) in [6.45, 7) is 0. The van der Waals surface area contributed by atoms with Gasteiger partial charge in [0.15, 0.2) is 5.82 Å². The van der Waals surface area contributed by atoms with Crippen LogP contribution in [0, 0.1) is 0 Å². The van der Waals surface area contributed by atoms with Crippen LogP contribution in [0.4, 0.5) is 0 Å². The Kier molecular flexibility index (Phi) is 6.15. The Morgan fingerprint density at radius 2 is 1.04 bits per heavy atom. The van der Waals surface area contributed by atoms with E-state index in [9.17, 15) is 0 Å². The van der Waals surface area contributed by atoms with Gasteiger partial charge >= 0.3 is 0 Å². The van der Waals surface area contributed by atoms with E-state index in [1.807, 2.05) is 28.8 Å². The van der Waals surface area contributed by atoms with Crippen LogP contribution in [0.3, 0.4) is 0 Å². The molecule has 0 aliphatic heterocycles. The largest absolute Gasteiger partial charge is 0.247 e. The molecule has 0 saturated carbocycles. The molecule has 0 aliphatic carbocycles. The summed E-state index contributed by atoms with van der Waals surface area (Å²) in [7, 11) is 0. The normalized spacial score (nSPS) is 11.7. The van der Waals surface area contributed by atoms with E-state index in [1.165, 1.54) is 21.5 Å². The van der Waals surface area contributed by atoms with Crippen molar-refractivity contribution >= 4 is 48.9 Å². The lowest BCUT2D eigenvalue weighted by Gasteiger charge is -2.13. The summed E-state index contributed by atoms with van der Waals surface area (Å²) in [4.78, 5) is 10.2. The van der Waals surface area contributed by atoms with Crippen LogP contribution in [0.1, 0.15) is 0 Å². The predicted octanol–water partition coefficient (Wildman–Crippen LogP) is 11.4. The highest BCUT2D eigenvalue weighted by molar-refractivity contribution is 6.22. The van der Waals surface area contributed by atoms with Crippen molar-refractivity contribution in [2.24, 2.45) is 0 Å². The number of para-hydroxylation sites is 2. The van der Waals surface area contributed by atoms with Crippen molar-refractivity contribution in [3.05, 3.63) is 170 Å².